The number of aromatic nitrogens is 3. The first-order valence-corrected chi connectivity index (χ1v) is 5.30. The summed E-state index contributed by atoms with van der Waals surface area (Å²) in [6.07, 6.45) is 7.73. The highest BCUT2D eigenvalue weighted by Gasteiger charge is 2.19. The van der Waals surface area contributed by atoms with E-state index >= 15 is 0 Å². The maximum Gasteiger partial charge on any atom is 0.140 e. The van der Waals surface area contributed by atoms with Crippen LogP contribution >= 0.6 is 0 Å². The van der Waals surface area contributed by atoms with Crippen LogP contribution in [0.1, 0.15) is 24.3 Å². The predicted octanol–water partition coefficient (Wildman–Crippen LogP) is 1.85. The van der Waals surface area contributed by atoms with Crippen molar-refractivity contribution < 1.29 is 4.74 Å². The number of aromatic amines is 1. The molecule has 4 nitrogen and oxygen atoms in total. The van der Waals surface area contributed by atoms with Gasteiger partial charge < -0.3 is 9.72 Å². The van der Waals surface area contributed by atoms with Crippen molar-refractivity contribution in [1.29, 1.82) is 0 Å². The molecule has 3 heterocycles. The number of fused-ring (bicyclic) bond motifs is 1. The fraction of sp³-hybridized carbons (Fsp3) is 0.455. The van der Waals surface area contributed by atoms with Crippen LogP contribution < -0.4 is 0 Å². The van der Waals surface area contributed by atoms with Gasteiger partial charge in [0.1, 0.15) is 12.0 Å². The van der Waals surface area contributed by atoms with Gasteiger partial charge in [-0.1, -0.05) is 0 Å². The summed E-state index contributed by atoms with van der Waals surface area (Å²) in [6, 6.07) is 0. The third kappa shape index (κ3) is 1.51. The van der Waals surface area contributed by atoms with Gasteiger partial charge >= 0.3 is 0 Å². The molecule has 0 atom stereocenters. The number of nitrogens with zero attached hydrogens (tertiary/aromatic N) is 2. The summed E-state index contributed by atoms with van der Waals surface area (Å²) in [5.41, 5.74) is 2.28. The van der Waals surface area contributed by atoms with E-state index in [1.165, 1.54) is 5.56 Å². The van der Waals surface area contributed by atoms with Gasteiger partial charge in [-0.05, 0) is 24.3 Å². The van der Waals surface area contributed by atoms with Gasteiger partial charge in [0.2, 0.25) is 0 Å². The Hall–Kier alpha value is -1.42. The molecule has 0 aliphatic carbocycles. The second kappa shape index (κ2) is 3.62. The molecule has 15 heavy (non-hydrogen) atoms. The minimum absolute atomic E-state index is 0.596. The van der Waals surface area contributed by atoms with Crippen LogP contribution in [0.15, 0.2) is 18.7 Å². The molecule has 2 aromatic rings. The Morgan fingerprint density at radius 3 is 3.07 bits per heavy atom. The van der Waals surface area contributed by atoms with Gasteiger partial charge in [0, 0.05) is 31.0 Å². The lowest BCUT2D eigenvalue weighted by molar-refractivity contribution is 0.0856. The molecule has 0 saturated carbocycles. The van der Waals surface area contributed by atoms with Crippen LogP contribution in [-0.2, 0) is 4.74 Å². The van der Waals surface area contributed by atoms with Gasteiger partial charge in [0.15, 0.2) is 0 Å². The standard InChI is InChI=1S/C11H13N3O/c1-3-15-4-2-8(1)9-6-13-11-10(9)5-12-7-14-11/h5-8H,1-4H2,(H,12,13,14). The number of ether oxygens (including phenoxy) is 1. The highest BCUT2D eigenvalue weighted by Crippen LogP contribution is 2.31. The summed E-state index contributed by atoms with van der Waals surface area (Å²) in [6.45, 7) is 1.73. The molecule has 1 aliphatic heterocycles. The molecular weight excluding hydrogens is 190 g/mol. The van der Waals surface area contributed by atoms with Crippen molar-refractivity contribution in [3.05, 3.63) is 24.3 Å². The fourth-order valence-electron chi connectivity index (χ4n) is 2.23. The van der Waals surface area contributed by atoms with Gasteiger partial charge in [-0.2, -0.15) is 0 Å². The van der Waals surface area contributed by atoms with Crippen molar-refractivity contribution in [2.45, 2.75) is 18.8 Å². The average Bonchev–Trinajstić information content (AvgIpc) is 2.74. The van der Waals surface area contributed by atoms with Crippen molar-refractivity contribution in [3.8, 4) is 0 Å². The Morgan fingerprint density at radius 1 is 1.33 bits per heavy atom. The van der Waals surface area contributed by atoms with E-state index in [-0.39, 0.29) is 0 Å². The van der Waals surface area contributed by atoms with Crippen LogP contribution in [0.25, 0.3) is 11.0 Å². The number of H-pyrrole nitrogens is 1. The lowest BCUT2D eigenvalue weighted by Crippen LogP contribution is -2.13. The molecule has 1 fully saturated rings. The van der Waals surface area contributed by atoms with E-state index in [0.717, 1.165) is 37.1 Å². The Balaban J connectivity index is 2.02. The van der Waals surface area contributed by atoms with Crippen molar-refractivity contribution >= 4 is 11.0 Å². The molecule has 3 rings (SSSR count). The first-order valence-electron chi connectivity index (χ1n) is 5.30. The predicted molar refractivity (Wildman–Crippen MR) is 56.7 cm³/mol. The molecule has 0 amide bonds. The quantitative estimate of drug-likeness (QED) is 0.769. The Morgan fingerprint density at radius 2 is 2.20 bits per heavy atom. The van der Waals surface area contributed by atoms with Crippen LogP contribution in [0.5, 0.6) is 0 Å². The molecule has 1 saturated heterocycles. The first-order chi connectivity index (χ1) is 7.45. The summed E-state index contributed by atoms with van der Waals surface area (Å²) in [5.74, 6) is 0.596. The molecule has 78 valence electrons. The molecule has 0 spiro atoms. The Labute approximate surface area is 87.7 Å². The monoisotopic (exact) mass is 203 g/mol. The summed E-state index contributed by atoms with van der Waals surface area (Å²) in [7, 11) is 0. The summed E-state index contributed by atoms with van der Waals surface area (Å²) >= 11 is 0. The van der Waals surface area contributed by atoms with Crippen molar-refractivity contribution in [2.24, 2.45) is 0 Å². The van der Waals surface area contributed by atoms with Gasteiger partial charge in [-0.3, -0.25) is 0 Å². The van der Waals surface area contributed by atoms with E-state index in [9.17, 15) is 0 Å². The molecule has 0 bridgehead atoms. The minimum Gasteiger partial charge on any atom is -0.381 e. The Kier molecular flexibility index (Phi) is 2.14. The number of rotatable bonds is 1. The summed E-state index contributed by atoms with van der Waals surface area (Å²) < 4.78 is 5.37. The zero-order valence-corrected chi connectivity index (χ0v) is 8.44. The lowest BCUT2D eigenvalue weighted by Gasteiger charge is -2.21. The van der Waals surface area contributed by atoms with Gasteiger partial charge in [-0.15, -0.1) is 0 Å². The topological polar surface area (TPSA) is 50.8 Å². The van der Waals surface area contributed by atoms with Gasteiger partial charge in [0.25, 0.3) is 0 Å². The maximum atomic E-state index is 5.37. The van der Waals surface area contributed by atoms with Gasteiger partial charge in [0.05, 0.1) is 0 Å². The van der Waals surface area contributed by atoms with Gasteiger partial charge in [-0.25, -0.2) is 9.97 Å². The van der Waals surface area contributed by atoms with Crippen LogP contribution in [0.2, 0.25) is 0 Å². The van der Waals surface area contributed by atoms with Crippen LogP contribution in [0, 0.1) is 0 Å². The zero-order chi connectivity index (χ0) is 10.1. The second-order valence-corrected chi connectivity index (χ2v) is 3.92. The van der Waals surface area contributed by atoms with Crippen LogP contribution in [0.3, 0.4) is 0 Å². The molecule has 4 heteroatoms. The molecule has 1 aliphatic rings. The van der Waals surface area contributed by atoms with E-state index in [1.54, 1.807) is 6.33 Å². The third-order valence-electron chi connectivity index (χ3n) is 3.05. The Bertz CT molecular complexity index is 460. The lowest BCUT2D eigenvalue weighted by atomic mass is 9.92. The SMILES string of the molecule is c1ncc2c(C3CCOCC3)c[nH]c2n1. The average molecular weight is 203 g/mol. The highest BCUT2D eigenvalue weighted by molar-refractivity contribution is 5.79. The summed E-state index contributed by atoms with van der Waals surface area (Å²) in [4.78, 5) is 11.5. The smallest absolute Gasteiger partial charge is 0.140 e. The molecule has 1 N–H and O–H groups in total. The van der Waals surface area contributed by atoms with Crippen molar-refractivity contribution in [1.82, 2.24) is 15.0 Å². The van der Waals surface area contributed by atoms with Crippen molar-refractivity contribution in [2.75, 3.05) is 13.2 Å². The van der Waals surface area contributed by atoms with E-state index in [2.05, 4.69) is 21.1 Å². The molecule has 2 aromatic heterocycles. The maximum absolute atomic E-state index is 5.37. The fourth-order valence-corrected chi connectivity index (χ4v) is 2.23. The highest BCUT2D eigenvalue weighted by atomic mass is 16.5. The molecule has 0 unspecified atom stereocenters. The molecule has 0 radical (unpaired) electrons. The number of hydrogen-bond acceptors (Lipinski definition) is 3. The third-order valence-corrected chi connectivity index (χ3v) is 3.05. The normalized spacial score (nSPS) is 18.4. The van der Waals surface area contributed by atoms with E-state index in [0.29, 0.717) is 5.92 Å². The molecule has 0 aromatic carbocycles. The molecular formula is C11H13N3O. The van der Waals surface area contributed by atoms with Crippen molar-refractivity contribution in [3.63, 3.8) is 0 Å². The van der Waals surface area contributed by atoms with Crippen LogP contribution in [0.4, 0.5) is 0 Å². The van der Waals surface area contributed by atoms with E-state index < -0.39 is 0 Å². The summed E-state index contributed by atoms with van der Waals surface area (Å²) in [5, 5.41) is 1.16. The number of hydrogen-bond donors (Lipinski definition) is 1. The first kappa shape index (κ1) is 8.85. The second-order valence-electron chi connectivity index (χ2n) is 3.92. The van der Waals surface area contributed by atoms with E-state index in [4.69, 9.17) is 4.74 Å². The van der Waals surface area contributed by atoms with Crippen LogP contribution in [-0.4, -0.2) is 28.2 Å². The van der Waals surface area contributed by atoms with E-state index in [1.807, 2.05) is 6.20 Å². The zero-order valence-electron chi connectivity index (χ0n) is 8.44. The number of nitrogens with one attached hydrogen (secondary N) is 1. The minimum atomic E-state index is 0.596. The largest absolute Gasteiger partial charge is 0.381 e.